The van der Waals surface area contributed by atoms with Gasteiger partial charge in [-0.05, 0) is 24.3 Å². The molecule has 20 heavy (non-hydrogen) atoms. The Kier molecular flexibility index (Phi) is 7.21. The highest BCUT2D eigenvalue weighted by Gasteiger charge is 2.11. The van der Waals surface area contributed by atoms with Crippen LogP contribution in [-0.2, 0) is 4.79 Å². The van der Waals surface area contributed by atoms with Gasteiger partial charge in [0.2, 0.25) is 5.91 Å². The van der Waals surface area contributed by atoms with Crippen molar-refractivity contribution in [1.29, 1.82) is 0 Å². The number of aliphatic hydroxyl groups excluding tert-OH is 1. The van der Waals surface area contributed by atoms with E-state index in [1.807, 2.05) is 0 Å². The second-order valence-corrected chi connectivity index (χ2v) is 4.13. The minimum atomic E-state index is -0.0625. The summed E-state index contributed by atoms with van der Waals surface area (Å²) in [6.07, 6.45) is 1.90. The number of hydrogen-bond acceptors (Lipinski definition) is 4. The Morgan fingerprint density at radius 2 is 2.00 bits per heavy atom. The molecule has 110 valence electrons. The van der Waals surface area contributed by atoms with Crippen LogP contribution in [0, 0.1) is 0 Å². The summed E-state index contributed by atoms with van der Waals surface area (Å²) in [5.41, 5.74) is 0. The summed E-state index contributed by atoms with van der Waals surface area (Å²) in [6, 6.07) is 7.18. The van der Waals surface area contributed by atoms with E-state index in [0.717, 1.165) is 5.75 Å². The van der Waals surface area contributed by atoms with Crippen LogP contribution in [0.5, 0.6) is 11.5 Å². The quantitative estimate of drug-likeness (QED) is 0.695. The van der Waals surface area contributed by atoms with Crippen LogP contribution in [0.25, 0.3) is 0 Å². The minimum Gasteiger partial charge on any atom is -0.497 e. The van der Waals surface area contributed by atoms with E-state index in [1.165, 1.54) is 0 Å². The Labute approximate surface area is 119 Å². The molecule has 0 aliphatic heterocycles. The topological polar surface area (TPSA) is 59.0 Å². The van der Waals surface area contributed by atoms with E-state index >= 15 is 0 Å². The number of amides is 1. The van der Waals surface area contributed by atoms with Crippen LogP contribution in [0.3, 0.4) is 0 Å². The van der Waals surface area contributed by atoms with Crippen molar-refractivity contribution in [2.24, 2.45) is 0 Å². The number of nitrogens with zero attached hydrogens (tertiary/aromatic N) is 1. The van der Waals surface area contributed by atoms with E-state index in [0.29, 0.717) is 25.4 Å². The number of ether oxygens (including phenoxy) is 2. The molecule has 0 saturated heterocycles. The van der Waals surface area contributed by atoms with E-state index in [-0.39, 0.29) is 18.9 Å². The smallest absolute Gasteiger partial charge is 0.226 e. The first kappa shape index (κ1) is 16.0. The van der Waals surface area contributed by atoms with Gasteiger partial charge in [-0.2, -0.15) is 0 Å². The molecule has 1 aromatic rings. The molecule has 0 spiro atoms. The Balaban J connectivity index is 2.37. The number of methoxy groups -OCH3 is 1. The molecule has 1 aromatic carbocycles. The molecular weight excluding hydrogens is 258 g/mol. The Morgan fingerprint density at radius 3 is 2.55 bits per heavy atom. The third-order valence-corrected chi connectivity index (χ3v) is 2.72. The first-order valence-corrected chi connectivity index (χ1v) is 6.47. The predicted octanol–water partition coefficient (Wildman–Crippen LogP) is 1.47. The van der Waals surface area contributed by atoms with Gasteiger partial charge in [0.15, 0.2) is 0 Å². The van der Waals surface area contributed by atoms with Crippen LogP contribution < -0.4 is 9.47 Å². The van der Waals surface area contributed by atoms with Gasteiger partial charge in [-0.1, -0.05) is 6.08 Å². The van der Waals surface area contributed by atoms with Gasteiger partial charge in [0.05, 0.1) is 26.7 Å². The van der Waals surface area contributed by atoms with Crippen molar-refractivity contribution in [3.63, 3.8) is 0 Å². The lowest BCUT2D eigenvalue weighted by Crippen LogP contribution is -2.34. The van der Waals surface area contributed by atoms with Crippen molar-refractivity contribution >= 4 is 5.91 Å². The average Bonchev–Trinajstić information content (AvgIpc) is 2.47. The zero-order valence-electron chi connectivity index (χ0n) is 11.7. The summed E-state index contributed by atoms with van der Waals surface area (Å²) in [5.74, 6) is 1.39. The molecule has 1 amide bonds. The lowest BCUT2D eigenvalue weighted by Gasteiger charge is -2.19. The van der Waals surface area contributed by atoms with Crippen molar-refractivity contribution in [2.75, 3.05) is 33.4 Å². The third kappa shape index (κ3) is 5.32. The van der Waals surface area contributed by atoms with E-state index in [4.69, 9.17) is 14.6 Å². The molecule has 5 heteroatoms. The lowest BCUT2D eigenvalue weighted by molar-refractivity contribution is -0.131. The maximum Gasteiger partial charge on any atom is 0.226 e. The molecule has 0 aliphatic rings. The van der Waals surface area contributed by atoms with Gasteiger partial charge in [0, 0.05) is 13.1 Å². The largest absolute Gasteiger partial charge is 0.497 e. The molecule has 0 heterocycles. The summed E-state index contributed by atoms with van der Waals surface area (Å²) in [5, 5.41) is 8.89. The molecule has 5 nitrogen and oxygen atoms in total. The van der Waals surface area contributed by atoms with E-state index in [2.05, 4.69) is 6.58 Å². The number of aliphatic hydroxyl groups is 1. The maximum absolute atomic E-state index is 11.9. The van der Waals surface area contributed by atoms with Crippen LogP contribution in [0.2, 0.25) is 0 Å². The predicted molar refractivity (Wildman–Crippen MR) is 77.0 cm³/mol. The standard InChI is InChI=1S/C15H21NO4/c1-3-9-16(10-11-17)15(18)8-12-20-14-6-4-13(19-2)5-7-14/h3-7,17H,1,8-12H2,2H3. The Hall–Kier alpha value is -2.01. The van der Waals surface area contributed by atoms with Crippen molar-refractivity contribution in [2.45, 2.75) is 6.42 Å². The van der Waals surface area contributed by atoms with Gasteiger partial charge in [0.1, 0.15) is 11.5 Å². The van der Waals surface area contributed by atoms with Gasteiger partial charge in [-0.15, -0.1) is 6.58 Å². The number of carbonyl (C=O) groups is 1. The molecule has 0 atom stereocenters. The summed E-state index contributed by atoms with van der Waals surface area (Å²) in [4.78, 5) is 13.4. The van der Waals surface area contributed by atoms with Crippen LogP contribution >= 0.6 is 0 Å². The highest BCUT2D eigenvalue weighted by atomic mass is 16.5. The molecule has 0 saturated carbocycles. The van der Waals surface area contributed by atoms with Gasteiger partial charge in [0.25, 0.3) is 0 Å². The molecule has 1 rings (SSSR count). The highest BCUT2D eigenvalue weighted by molar-refractivity contribution is 5.76. The number of rotatable bonds is 9. The molecule has 0 radical (unpaired) electrons. The summed E-state index contributed by atoms with van der Waals surface area (Å²) < 4.78 is 10.5. The molecule has 1 N–H and O–H groups in total. The Bertz CT molecular complexity index is 416. The number of carbonyl (C=O) groups excluding carboxylic acids is 1. The SMILES string of the molecule is C=CCN(CCO)C(=O)CCOc1ccc(OC)cc1. The fourth-order valence-electron chi connectivity index (χ4n) is 1.68. The second kappa shape index (κ2) is 8.98. The van der Waals surface area contributed by atoms with Crippen LogP contribution in [0.1, 0.15) is 6.42 Å². The lowest BCUT2D eigenvalue weighted by atomic mass is 10.3. The van der Waals surface area contributed by atoms with Crippen molar-refractivity contribution in [1.82, 2.24) is 4.90 Å². The monoisotopic (exact) mass is 279 g/mol. The fourth-order valence-corrected chi connectivity index (χ4v) is 1.68. The first-order chi connectivity index (χ1) is 9.71. The average molecular weight is 279 g/mol. The molecule has 0 aliphatic carbocycles. The van der Waals surface area contributed by atoms with Gasteiger partial charge < -0.3 is 19.5 Å². The summed E-state index contributed by atoms with van der Waals surface area (Å²) in [6.45, 7) is 4.58. The van der Waals surface area contributed by atoms with Crippen LogP contribution in [0.4, 0.5) is 0 Å². The van der Waals surface area contributed by atoms with E-state index in [1.54, 1.807) is 42.4 Å². The zero-order chi connectivity index (χ0) is 14.8. The van der Waals surface area contributed by atoms with Gasteiger partial charge in [-0.3, -0.25) is 4.79 Å². The summed E-state index contributed by atoms with van der Waals surface area (Å²) in [7, 11) is 1.60. The summed E-state index contributed by atoms with van der Waals surface area (Å²) >= 11 is 0. The van der Waals surface area contributed by atoms with Crippen LogP contribution in [0.15, 0.2) is 36.9 Å². The van der Waals surface area contributed by atoms with Crippen molar-refractivity contribution < 1.29 is 19.4 Å². The van der Waals surface area contributed by atoms with Crippen LogP contribution in [-0.4, -0.2) is 49.3 Å². The molecule has 0 bridgehead atoms. The maximum atomic E-state index is 11.9. The van der Waals surface area contributed by atoms with Gasteiger partial charge in [-0.25, -0.2) is 0 Å². The normalized spacial score (nSPS) is 9.90. The minimum absolute atomic E-state index is 0.0566. The third-order valence-electron chi connectivity index (χ3n) is 2.72. The fraction of sp³-hybridized carbons (Fsp3) is 0.400. The zero-order valence-corrected chi connectivity index (χ0v) is 11.7. The second-order valence-electron chi connectivity index (χ2n) is 4.13. The Morgan fingerprint density at radius 1 is 1.35 bits per heavy atom. The number of benzene rings is 1. The number of hydrogen-bond donors (Lipinski definition) is 1. The molecular formula is C15H21NO4. The molecule has 0 fully saturated rings. The molecule has 0 unspecified atom stereocenters. The van der Waals surface area contributed by atoms with E-state index < -0.39 is 0 Å². The molecule has 0 aromatic heterocycles. The van der Waals surface area contributed by atoms with Gasteiger partial charge >= 0.3 is 0 Å². The highest BCUT2D eigenvalue weighted by Crippen LogP contribution is 2.17. The van der Waals surface area contributed by atoms with Crippen molar-refractivity contribution in [3.05, 3.63) is 36.9 Å². The van der Waals surface area contributed by atoms with E-state index in [9.17, 15) is 4.79 Å². The first-order valence-electron chi connectivity index (χ1n) is 6.47. The van der Waals surface area contributed by atoms with Crippen molar-refractivity contribution in [3.8, 4) is 11.5 Å².